The van der Waals surface area contributed by atoms with Crippen LogP contribution < -0.4 is 10.0 Å². The van der Waals surface area contributed by atoms with E-state index in [1.165, 1.54) is 6.92 Å². The molecule has 0 aliphatic rings. The maximum atomic E-state index is 11.7. The van der Waals surface area contributed by atoms with Gasteiger partial charge in [0.1, 0.15) is 6.04 Å². The molecular formula is C11H22N2O5S. The van der Waals surface area contributed by atoms with E-state index in [2.05, 4.69) is 10.0 Å². The highest BCUT2D eigenvalue weighted by molar-refractivity contribution is 7.89. The lowest BCUT2D eigenvalue weighted by Crippen LogP contribution is -2.50. The van der Waals surface area contributed by atoms with E-state index >= 15 is 0 Å². The number of nitrogens with one attached hydrogen (secondary N) is 2. The summed E-state index contributed by atoms with van der Waals surface area (Å²) < 4.78 is 25.2. The summed E-state index contributed by atoms with van der Waals surface area (Å²) in [7, 11) is -3.50. The first-order valence-corrected chi connectivity index (χ1v) is 7.91. The van der Waals surface area contributed by atoms with Gasteiger partial charge in [-0.05, 0) is 19.8 Å². The molecule has 19 heavy (non-hydrogen) atoms. The van der Waals surface area contributed by atoms with Gasteiger partial charge in [-0.1, -0.05) is 20.3 Å². The van der Waals surface area contributed by atoms with E-state index in [1.807, 2.05) is 0 Å². The number of hydrogen-bond donors (Lipinski definition) is 3. The highest BCUT2D eigenvalue weighted by atomic mass is 32.2. The van der Waals surface area contributed by atoms with Gasteiger partial charge in [-0.3, -0.25) is 4.79 Å². The van der Waals surface area contributed by atoms with Crippen molar-refractivity contribution < 1.29 is 23.1 Å². The second-order valence-electron chi connectivity index (χ2n) is 4.35. The minimum atomic E-state index is -3.50. The van der Waals surface area contributed by atoms with Crippen molar-refractivity contribution >= 4 is 21.9 Å². The number of rotatable bonds is 9. The van der Waals surface area contributed by atoms with Gasteiger partial charge in [0.05, 0.1) is 11.8 Å². The summed E-state index contributed by atoms with van der Waals surface area (Å²) in [6.45, 7) is 4.90. The maximum absolute atomic E-state index is 11.7. The predicted molar refractivity (Wildman–Crippen MR) is 71.2 cm³/mol. The lowest BCUT2D eigenvalue weighted by molar-refractivity contribution is -0.142. The number of amides is 1. The van der Waals surface area contributed by atoms with E-state index in [-0.39, 0.29) is 5.75 Å². The van der Waals surface area contributed by atoms with Crippen LogP contribution in [0.15, 0.2) is 0 Å². The first kappa shape index (κ1) is 17.8. The van der Waals surface area contributed by atoms with Gasteiger partial charge >= 0.3 is 5.97 Å². The van der Waals surface area contributed by atoms with Crippen molar-refractivity contribution in [2.45, 2.75) is 52.1 Å². The van der Waals surface area contributed by atoms with Gasteiger partial charge < -0.3 is 10.4 Å². The van der Waals surface area contributed by atoms with Gasteiger partial charge in [-0.15, -0.1) is 0 Å². The number of hydrogen-bond acceptors (Lipinski definition) is 4. The molecule has 0 heterocycles. The molecule has 0 rings (SSSR count). The third-order valence-electron chi connectivity index (χ3n) is 2.41. The lowest BCUT2D eigenvalue weighted by Gasteiger charge is -2.18. The van der Waals surface area contributed by atoms with E-state index in [0.717, 1.165) is 0 Å². The van der Waals surface area contributed by atoms with E-state index < -0.39 is 34.0 Å². The average Bonchev–Trinajstić information content (AvgIpc) is 2.27. The van der Waals surface area contributed by atoms with Crippen LogP contribution in [0.2, 0.25) is 0 Å². The number of aliphatic carboxylic acids is 1. The molecule has 2 atom stereocenters. The van der Waals surface area contributed by atoms with Crippen LogP contribution in [0.5, 0.6) is 0 Å². The molecule has 3 N–H and O–H groups in total. The van der Waals surface area contributed by atoms with E-state index in [1.54, 1.807) is 13.8 Å². The van der Waals surface area contributed by atoms with E-state index in [0.29, 0.717) is 19.3 Å². The minimum Gasteiger partial charge on any atom is -0.480 e. The Kier molecular flexibility index (Phi) is 7.62. The fourth-order valence-corrected chi connectivity index (χ4v) is 2.79. The van der Waals surface area contributed by atoms with Crippen LogP contribution in [-0.2, 0) is 19.6 Å². The zero-order valence-corrected chi connectivity index (χ0v) is 12.3. The fraction of sp³-hybridized carbons (Fsp3) is 0.818. The van der Waals surface area contributed by atoms with Crippen LogP contribution >= 0.6 is 0 Å². The Balaban J connectivity index is 4.52. The van der Waals surface area contributed by atoms with Crippen LogP contribution in [0.4, 0.5) is 0 Å². The molecule has 8 heteroatoms. The van der Waals surface area contributed by atoms with Crippen molar-refractivity contribution in [2.24, 2.45) is 0 Å². The Hall–Kier alpha value is -1.15. The van der Waals surface area contributed by atoms with Crippen molar-refractivity contribution in [2.75, 3.05) is 5.75 Å². The lowest BCUT2D eigenvalue weighted by atomic mass is 10.1. The smallest absolute Gasteiger partial charge is 0.326 e. The Morgan fingerprint density at radius 2 is 1.79 bits per heavy atom. The average molecular weight is 294 g/mol. The van der Waals surface area contributed by atoms with Gasteiger partial charge in [0.15, 0.2) is 0 Å². The molecule has 0 radical (unpaired) electrons. The number of carbonyl (C=O) groups excluding carboxylic acids is 1. The monoisotopic (exact) mass is 294 g/mol. The zero-order valence-electron chi connectivity index (χ0n) is 11.5. The summed E-state index contributed by atoms with van der Waals surface area (Å²) in [5.41, 5.74) is 0. The summed E-state index contributed by atoms with van der Waals surface area (Å²) in [4.78, 5) is 22.6. The molecule has 112 valence electrons. The topological polar surface area (TPSA) is 113 Å². The Morgan fingerprint density at radius 1 is 1.21 bits per heavy atom. The van der Waals surface area contributed by atoms with Crippen molar-refractivity contribution in [1.29, 1.82) is 0 Å². The zero-order chi connectivity index (χ0) is 15.1. The molecule has 0 saturated carbocycles. The number of carboxylic acid groups (broad SMARTS) is 1. The number of sulfonamides is 1. The molecule has 1 amide bonds. The highest BCUT2D eigenvalue weighted by Crippen LogP contribution is 1.99. The van der Waals surface area contributed by atoms with Crippen LogP contribution in [0.25, 0.3) is 0 Å². The van der Waals surface area contributed by atoms with Crippen LogP contribution in [0, 0.1) is 0 Å². The predicted octanol–water partition coefficient (Wildman–Crippen LogP) is 0.0738. The standard InChI is InChI=1S/C11H22N2O5S/c1-4-6-9(11(15)16)12-10(14)8(3)13-19(17,18)7-5-2/h8-9,13H,4-7H2,1-3H3,(H,12,14)(H,15,16). The quantitative estimate of drug-likeness (QED) is 0.557. The highest BCUT2D eigenvalue weighted by Gasteiger charge is 2.24. The van der Waals surface area contributed by atoms with Gasteiger partial charge in [0.2, 0.25) is 15.9 Å². The molecule has 0 saturated heterocycles. The van der Waals surface area contributed by atoms with Crippen LogP contribution in [0.3, 0.4) is 0 Å². The molecule has 2 unspecified atom stereocenters. The van der Waals surface area contributed by atoms with Crippen molar-refractivity contribution in [3.05, 3.63) is 0 Å². The molecule has 0 aliphatic heterocycles. The van der Waals surface area contributed by atoms with Crippen molar-refractivity contribution in [3.8, 4) is 0 Å². The second-order valence-corrected chi connectivity index (χ2v) is 6.22. The van der Waals surface area contributed by atoms with E-state index in [9.17, 15) is 18.0 Å². The first-order valence-electron chi connectivity index (χ1n) is 6.26. The van der Waals surface area contributed by atoms with Gasteiger partial charge in [0.25, 0.3) is 0 Å². The number of carbonyl (C=O) groups is 2. The van der Waals surface area contributed by atoms with Gasteiger partial charge in [-0.2, -0.15) is 0 Å². The fourth-order valence-electron chi connectivity index (χ4n) is 1.49. The summed E-state index contributed by atoms with van der Waals surface area (Å²) in [5.74, 6) is -1.83. The third kappa shape index (κ3) is 7.12. The third-order valence-corrected chi connectivity index (χ3v) is 4.07. The Labute approximate surface area is 113 Å². The summed E-state index contributed by atoms with van der Waals surface area (Å²) in [6, 6.07) is -1.98. The summed E-state index contributed by atoms with van der Waals surface area (Å²) in [6.07, 6.45) is 1.35. The summed E-state index contributed by atoms with van der Waals surface area (Å²) >= 11 is 0. The SMILES string of the molecule is CCCC(NC(=O)C(C)NS(=O)(=O)CCC)C(=O)O. The Bertz CT molecular complexity index is 407. The van der Waals surface area contributed by atoms with Crippen LogP contribution in [-0.4, -0.2) is 43.2 Å². The molecule has 7 nitrogen and oxygen atoms in total. The first-order chi connectivity index (χ1) is 8.73. The normalized spacial score (nSPS) is 14.7. The molecular weight excluding hydrogens is 272 g/mol. The molecule has 0 aromatic heterocycles. The van der Waals surface area contributed by atoms with Crippen molar-refractivity contribution in [1.82, 2.24) is 10.0 Å². The number of carboxylic acids is 1. The largest absolute Gasteiger partial charge is 0.480 e. The molecule has 0 bridgehead atoms. The molecule has 0 spiro atoms. The summed E-state index contributed by atoms with van der Waals surface area (Å²) in [5, 5.41) is 11.2. The molecule has 0 aromatic carbocycles. The van der Waals surface area contributed by atoms with Crippen molar-refractivity contribution in [3.63, 3.8) is 0 Å². The Morgan fingerprint density at radius 3 is 2.21 bits per heavy atom. The van der Waals surface area contributed by atoms with Gasteiger partial charge in [-0.25, -0.2) is 17.9 Å². The van der Waals surface area contributed by atoms with E-state index in [4.69, 9.17) is 5.11 Å². The maximum Gasteiger partial charge on any atom is 0.326 e. The molecule has 0 aliphatic carbocycles. The molecule has 0 aromatic rings. The van der Waals surface area contributed by atoms with Crippen LogP contribution in [0.1, 0.15) is 40.0 Å². The second kappa shape index (κ2) is 8.11. The van der Waals surface area contributed by atoms with Gasteiger partial charge in [0, 0.05) is 0 Å². The molecule has 0 fully saturated rings. The minimum absolute atomic E-state index is 0.0675.